The van der Waals surface area contributed by atoms with Crippen LogP contribution in [0.3, 0.4) is 0 Å². The van der Waals surface area contributed by atoms with Gasteiger partial charge in [-0.2, -0.15) is 13.2 Å². The molecule has 26 heavy (non-hydrogen) atoms. The lowest BCUT2D eigenvalue weighted by Gasteiger charge is -2.36. The van der Waals surface area contributed by atoms with Crippen molar-refractivity contribution in [1.82, 2.24) is 0 Å². The zero-order valence-electron chi connectivity index (χ0n) is 14.6. The molecule has 2 aromatic rings. The maximum absolute atomic E-state index is 13.0. The van der Waals surface area contributed by atoms with Crippen LogP contribution in [-0.2, 0) is 6.18 Å². The van der Waals surface area contributed by atoms with E-state index in [1.54, 1.807) is 6.07 Å². The minimum absolute atomic E-state index is 0.378. The van der Waals surface area contributed by atoms with Gasteiger partial charge in [0.25, 0.3) is 0 Å². The van der Waals surface area contributed by atoms with Gasteiger partial charge in [0.15, 0.2) is 0 Å². The van der Waals surface area contributed by atoms with E-state index >= 15 is 0 Å². The molecular formula is C20H20ClF3N2. The number of benzene rings is 2. The van der Waals surface area contributed by atoms with Gasteiger partial charge in [-0.15, -0.1) is 0 Å². The first-order valence-corrected chi connectivity index (χ1v) is 8.77. The Hall–Kier alpha value is -2.14. The zero-order valence-corrected chi connectivity index (χ0v) is 15.3. The summed E-state index contributed by atoms with van der Waals surface area (Å²) in [5, 5.41) is 0.573. The molecule has 0 bridgehead atoms. The fourth-order valence-corrected chi connectivity index (χ4v) is 3.20. The van der Waals surface area contributed by atoms with Crippen molar-refractivity contribution in [3.63, 3.8) is 0 Å². The van der Waals surface area contributed by atoms with Crippen LogP contribution < -0.4 is 9.80 Å². The number of halogens is 4. The fourth-order valence-electron chi connectivity index (χ4n) is 2.94. The summed E-state index contributed by atoms with van der Waals surface area (Å²) in [6.07, 6.45) is -2.53. The second-order valence-electron chi connectivity index (χ2n) is 6.68. The maximum atomic E-state index is 13.0. The van der Waals surface area contributed by atoms with Gasteiger partial charge in [-0.1, -0.05) is 43.6 Å². The molecule has 138 valence electrons. The number of hydrogen-bond acceptors (Lipinski definition) is 2. The first kappa shape index (κ1) is 18.6. The molecule has 2 nitrogen and oxygen atoms in total. The molecule has 2 aromatic carbocycles. The predicted molar refractivity (Wildman–Crippen MR) is 101 cm³/mol. The highest BCUT2D eigenvalue weighted by Gasteiger charge is 2.31. The Morgan fingerprint density at radius 3 is 2.38 bits per heavy atom. The van der Waals surface area contributed by atoms with Crippen LogP contribution in [0.15, 0.2) is 59.8 Å². The van der Waals surface area contributed by atoms with Crippen LogP contribution >= 0.6 is 11.6 Å². The quantitative estimate of drug-likeness (QED) is 0.626. The third kappa shape index (κ3) is 4.15. The Kier molecular flexibility index (Phi) is 5.19. The molecule has 1 aliphatic heterocycles. The van der Waals surface area contributed by atoms with Gasteiger partial charge in [0.1, 0.15) is 0 Å². The Morgan fingerprint density at radius 1 is 1.00 bits per heavy atom. The van der Waals surface area contributed by atoms with Crippen LogP contribution in [0.5, 0.6) is 0 Å². The molecule has 6 heteroatoms. The largest absolute Gasteiger partial charge is 0.416 e. The third-order valence-corrected chi connectivity index (χ3v) is 4.59. The molecule has 0 N–H and O–H groups in total. The van der Waals surface area contributed by atoms with Crippen LogP contribution in [0.2, 0.25) is 0 Å². The van der Waals surface area contributed by atoms with E-state index in [-0.39, 0.29) is 0 Å². The maximum Gasteiger partial charge on any atom is 0.416 e. The summed E-state index contributed by atoms with van der Waals surface area (Å²) in [4.78, 5) is 3.79. The van der Waals surface area contributed by atoms with Crippen LogP contribution in [0.25, 0.3) is 0 Å². The highest BCUT2D eigenvalue weighted by molar-refractivity contribution is 6.30. The molecule has 0 aromatic heterocycles. The van der Waals surface area contributed by atoms with Gasteiger partial charge in [-0.25, -0.2) is 0 Å². The standard InChI is InChI=1S/C20H20ClF3N2/c1-14(2)15-5-3-7-18(9-15)25-11-17(21)12-26(13-25)19-8-4-6-16(10-19)20(22,23)24/h3-11,14H,12-13H2,1-2H3. The van der Waals surface area contributed by atoms with Crippen molar-refractivity contribution in [2.24, 2.45) is 0 Å². The van der Waals surface area contributed by atoms with Crippen molar-refractivity contribution >= 4 is 23.0 Å². The minimum atomic E-state index is -4.36. The summed E-state index contributed by atoms with van der Waals surface area (Å²) in [6, 6.07) is 13.4. The smallest absolute Gasteiger partial charge is 0.348 e. The number of hydrogen-bond donors (Lipinski definition) is 0. The lowest BCUT2D eigenvalue weighted by atomic mass is 10.0. The fraction of sp³-hybridized carbons (Fsp3) is 0.300. The third-order valence-electron chi connectivity index (χ3n) is 4.37. The van der Waals surface area contributed by atoms with Crippen molar-refractivity contribution in [3.8, 4) is 0 Å². The molecule has 0 saturated heterocycles. The van der Waals surface area contributed by atoms with Crippen molar-refractivity contribution in [2.75, 3.05) is 23.0 Å². The summed E-state index contributed by atoms with van der Waals surface area (Å²) >= 11 is 6.29. The number of anilines is 2. The van der Waals surface area contributed by atoms with Gasteiger partial charge in [0.05, 0.1) is 23.8 Å². The Bertz CT molecular complexity index is 815. The van der Waals surface area contributed by atoms with Crippen LogP contribution in [0.4, 0.5) is 24.5 Å². The topological polar surface area (TPSA) is 6.48 Å². The summed E-state index contributed by atoms with van der Waals surface area (Å²) in [5.41, 5.74) is 2.00. The predicted octanol–water partition coefficient (Wildman–Crippen LogP) is 6.19. The van der Waals surface area contributed by atoms with E-state index in [1.165, 1.54) is 11.6 Å². The van der Waals surface area contributed by atoms with E-state index in [1.807, 2.05) is 28.1 Å². The monoisotopic (exact) mass is 380 g/mol. The Balaban J connectivity index is 1.89. The molecule has 0 radical (unpaired) electrons. The second kappa shape index (κ2) is 7.23. The van der Waals surface area contributed by atoms with Crippen molar-refractivity contribution < 1.29 is 13.2 Å². The zero-order chi connectivity index (χ0) is 18.9. The van der Waals surface area contributed by atoms with E-state index in [9.17, 15) is 13.2 Å². The summed E-state index contributed by atoms with van der Waals surface area (Å²) < 4.78 is 39.0. The van der Waals surface area contributed by atoms with Gasteiger partial charge >= 0.3 is 6.18 Å². The van der Waals surface area contributed by atoms with Crippen molar-refractivity contribution in [3.05, 3.63) is 70.9 Å². The number of rotatable bonds is 3. The molecular weight excluding hydrogens is 361 g/mol. The van der Waals surface area contributed by atoms with E-state index < -0.39 is 11.7 Å². The average Bonchev–Trinajstić information content (AvgIpc) is 2.60. The summed E-state index contributed by atoms with van der Waals surface area (Å²) in [6.45, 7) is 5.04. The van der Waals surface area contributed by atoms with Crippen molar-refractivity contribution in [1.29, 1.82) is 0 Å². The highest BCUT2D eigenvalue weighted by Crippen LogP contribution is 2.33. The molecule has 1 aliphatic rings. The van der Waals surface area contributed by atoms with Gasteiger partial charge in [0.2, 0.25) is 0 Å². The number of nitrogens with zero attached hydrogens (tertiary/aromatic N) is 2. The van der Waals surface area contributed by atoms with Crippen molar-refractivity contribution in [2.45, 2.75) is 25.9 Å². The summed E-state index contributed by atoms with van der Waals surface area (Å²) in [5.74, 6) is 0.388. The molecule has 3 rings (SSSR count). The SMILES string of the molecule is CC(C)c1cccc(N2C=C(Cl)CN(c3cccc(C(F)(F)F)c3)C2)c1. The van der Waals surface area contributed by atoms with Crippen LogP contribution in [-0.4, -0.2) is 13.2 Å². The minimum Gasteiger partial charge on any atom is -0.348 e. The first-order chi connectivity index (χ1) is 12.2. The van der Waals surface area contributed by atoms with Crippen LogP contribution in [0.1, 0.15) is 30.9 Å². The van der Waals surface area contributed by atoms with Gasteiger partial charge in [-0.05, 0) is 41.8 Å². The van der Waals surface area contributed by atoms with E-state index in [4.69, 9.17) is 11.6 Å². The molecule has 0 atom stereocenters. The molecule has 0 aliphatic carbocycles. The Morgan fingerprint density at radius 2 is 1.69 bits per heavy atom. The van der Waals surface area contributed by atoms with E-state index in [0.717, 1.165) is 17.8 Å². The molecule has 0 amide bonds. The molecule has 0 fully saturated rings. The van der Waals surface area contributed by atoms with E-state index in [0.29, 0.717) is 29.9 Å². The lowest BCUT2D eigenvalue weighted by Crippen LogP contribution is -2.40. The first-order valence-electron chi connectivity index (χ1n) is 8.39. The van der Waals surface area contributed by atoms with Crippen LogP contribution in [0, 0.1) is 0 Å². The Labute approximate surface area is 156 Å². The van der Waals surface area contributed by atoms with Gasteiger partial charge in [0, 0.05) is 17.6 Å². The second-order valence-corrected chi connectivity index (χ2v) is 7.17. The molecule has 0 unspecified atom stereocenters. The van der Waals surface area contributed by atoms with Gasteiger partial charge in [-0.3, -0.25) is 0 Å². The molecule has 1 heterocycles. The van der Waals surface area contributed by atoms with E-state index in [2.05, 4.69) is 26.0 Å². The highest BCUT2D eigenvalue weighted by atomic mass is 35.5. The van der Waals surface area contributed by atoms with Gasteiger partial charge < -0.3 is 9.80 Å². The molecule has 0 saturated carbocycles. The molecule has 0 spiro atoms. The summed E-state index contributed by atoms with van der Waals surface area (Å²) in [7, 11) is 0. The lowest BCUT2D eigenvalue weighted by molar-refractivity contribution is -0.137. The number of alkyl halides is 3. The average molecular weight is 381 g/mol. The normalized spacial score (nSPS) is 15.4.